The zero-order valence-electron chi connectivity index (χ0n) is 14.1. The molecule has 27 heavy (non-hydrogen) atoms. The molecule has 0 aliphatic carbocycles. The van der Waals surface area contributed by atoms with Crippen LogP contribution in [0.5, 0.6) is 0 Å². The average molecular weight is 392 g/mol. The lowest BCUT2D eigenvalue weighted by Gasteiger charge is -2.15. The van der Waals surface area contributed by atoms with Crippen molar-refractivity contribution >= 4 is 23.4 Å². The number of hydrogen-bond acceptors (Lipinski definition) is 4. The van der Waals surface area contributed by atoms with Crippen LogP contribution in [-0.2, 0) is 6.18 Å². The van der Waals surface area contributed by atoms with E-state index in [1.165, 1.54) is 30.0 Å². The molecular weight excluding hydrogens is 377 g/mol. The van der Waals surface area contributed by atoms with E-state index < -0.39 is 17.6 Å². The lowest BCUT2D eigenvalue weighted by molar-refractivity contribution is -0.137. The highest BCUT2D eigenvalue weighted by atomic mass is 32.2. The molecule has 3 aromatic rings. The topological polar surface area (TPSA) is 59.0 Å². The van der Waals surface area contributed by atoms with Crippen molar-refractivity contribution in [1.29, 1.82) is 0 Å². The van der Waals surface area contributed by atoms with Crippen LogP contribution in [0.1, 0.15) is 15.9 Å². The van der Waals surface area contributed by atoms with Crippen molar-refractivity contribution < 1.29 is 18.0 Å². The number of rotatable bonds is 5. The highest BCUT2D eigenvalue weighted by molar-refractivity contribution is 7.98. The standard InChI is InChI=1S/C18H15F3N4OS/c1-27-17-22-10-11-25(17)13-8-6-12(7-9-13)16(26)24-23-15-5-3-2-4-14(15)18(19,20)21/h2-11,23H,1H3,(H,24,26). The summed E-state index contributed by atoms with van der Waals surface area (Å²) in [6.45, 7) is 0. The second kappa shape index (κ2) is 7.75. The molecule has 5 nitrogen and oxygen atoms in total. The minimum Gasteiger partial charge on any atom is -0.298 e. The zero-order valence-corrected chi connectivity index (χ0v) is 14.9. The van der Waals surface area contributed by atoms with Crippen molar-refractivity contribution in [3.63, 3.8) is 0 Å². The molecule has 1 heterocycles. The summed E-state index contributed by atoms with van der Waals surface area (Å²) in [7, 11) is 0. The molecule has 0 bridgehead atoms. The number of aromatic nitrogens is 2. The molecule has 2 N–H and O–H groups in total. The molecule has 140 valence electrons. The van der Waals surface area contributed by atoms with Gasteiger partial charge in [0, 0.05) is 23.6 Å². The maximum atomic E-state index is 13.0. The van der Waals surface area contributed by atoms with Crippen LogP contribution in [0.4, 0.5) is 18.9 Å². The first-order valence-electron chi connectivity index (χ1n) is 7.80. The van der Waals surface area contributed by atoms with E-state index in [2.05, 4.69) is 15.8 Å². The van der Waals surface area contributed by atoms with E-state index in [0.29, 0.717) is 5.56 Å². The van der Waals surface area contributed by atoms with Crippen LogP contribution in [-0.4, -0.2) is 21.7 Å². The van der Waals surface area contributed by atoms with Crippen LogP contribution in [0.3, 0.4) is 0 Å². The fourth-order valence-corrected chi connectivity index (χ4v) is 2.98. The van der Waals surface area contributed by atoms with Gasteiger partial charge in [-0.05, 0) is 42.7 Å². The number of amides is 1. The highest BCUT2D eigenvalue weighted by Gasteiger charge is 2.33. The Bertz CT molecular complexity index is 938. The van der Waals surface area contributed by atoms with Gasteiger partial charge in [0.05, 0.1) is 11.3 Å². The lowest BCUT2D eigenvalue weighted by Crippen LogP contribution is -2.30. The predicted molar refractivity (Wildman–Crippen MR) is 97.9 cm³/mol. The van der Waals surface area contributed by atoms with Gasteiger partial charge >= 0.3 is 6.18 Å². The van der Waals surface area contributed by atoms with Crippen molar-refractivity contribution in [3.8, 4) is 5.69 Å². The Morgan fingerprint density at radius 2 is 1.81 bits per heavy atom. The molecule has 0 fully saturated rings. The number of halogens is 3. The van der Waals surface area contributed by atoms with E-state index in [0.717, 1.165) is 16.9 Å². The molecule has 0 radical (unpaired) electrons. The first-order valence-corrected chi connectivity index (χ1v) is 9.03. The van der Waals surface area contributed by atoms with E-state index in [1.54, 1.807) is 36.7 Å². The van der Waals surface area contributed by atoms with Crippen molar-refractivity contribution in [2.24, 2.45) is 0 Å². The van der Waals surface area contributed by atoms with Crippen molar-refractivity contribution in [2.45, 2.75) is 11.3 Å². The summed E-state index contributed by atoms with van der Waals surface area (Å²) in [6.07, 6.45) is 0.867. The molecule has 3 rings (SSSR count). The number of hydrogen-bond donors (Lipinski definition) is 2. The van der Waals surface area contributed by atoms with Gasteiger partial charge in [-0.15, -0.1) is 0 Å². The fourth-order valence-electron chi connectivity index (χ4n) is 2.45. The summed E-state index contributed by atoms with van der Waals surface area (Å²) < 4.78 is 40.8. The molecule has 0 saturated carbocycles. The van der Waals surface area contributed by atoms with E-state index >= 15 is 0 Å². The van der Waals surface area contributed by atoms with Gasteiger partial charge in [0.25, 0.3) is 5.91 Å². The van der Waals surface area contributed by atoms with E-state index in [-0.39, 0.29) is 5.69 Å². The van der Waals surface area contributed by atoms with Gasteiger partial charge in [0.1, 0.15) is 0 Å². The Balaban J connectivity index is 1.71. The third-order valence-corrected chi connectivity index (χ3v) is 4.41. The Morgan fingerprint density at radius 1 is 1.11 bits per heavy atom. The minimum absolute atomic E-state index is 0.224. The third kappa shape index (κ3) is 4.25. The summed E-state index contributed by atoms with van der Waals surface area (Å²) in [6, 6.07) is 11.6. The maximum absolute atomic E-state index is 13.0. The van der Waals surface area contributed by atoms with Crippen LogP contribution in [0.25, 0.3) is 5.69 Å². The van der Waals surface area contributed by atoms with Crippen LogP contribution in [0.2, 0.25) is 0 Å². The first kappa shape index (κ1) is 18.8. The van der Waals surface area contributed by atoms with Crippen LogP contribution in [0, 0.1) is 0 Å². The second-order valence-electron chi connectivity index (χ2n) is 5.45. The van der Waals surface area contributed by atoms with Crippen molar-refractivity contribution in [1.82, 2.24) is 15.0 Å². The van der Waals surface area contributed by atoms with Gasteiger partial charge in [-0.3, -0.25) is 20.2 Å². The molecule has 9 heteroatoms. The summed E-state index contributed by atoms with van der Waals surface area (Å²) in [5.74, 6) is -0.547. The molecule has 0 spiro atoms. The van der Waals surface area contributed by atoms with E-state index in [9.17, 15) is 18.0 Å². The quantitative estimate of drug-likeness (QED) is 0.500. The molecule has 0 unspecified atom stereocenters. The largest absolute Gasteiger partial charge is 0.418 e. The van der Waals surface area contributed by atoms with Gasteiger partial charge in [-0.25, -0.2) is 4.98 Å². The highest BCUT2D eigenvalue weighted by Crippen LogP contribution is 2.34. The summed E-state index contributed by atoms with van der Waals surface area (Å²) in [5.41, 5.74) is 4.68. The SMILES string of the molecule is CSc1nccn1-c1ccc(C(=O)NNc2ccccc2C(F)(F)F)cc1. The summed E-state index contributed by atoms with van der Waals surface area (Å²) in [4.78, 5) is 16.4. The Labute approximate surface area is 157 Å². The van der Waals surface area contributed by atoms with Crippen LogP contribution >= 0.6 is 11.8 Å². The molecule has 0 aliphatic rings. The van der Waals surface area contributed by atoms with Gasteiger partial charge in [-0.1, -0.05) is 23.9 Å². The normalized spacial score (nSPS) is 11.3. The number of carbonyl (C=O) groups is 1. The van der Waals surface area contributed by atoms with E-state index in [4.69, 9.17) is 0 Å². The number of imidazole rings is 1. The molecule has 1 aromatic heterocycles. The number of anilines is 1. The van der Waals surface area contributed by atoms with Gasteiger partial charge in [0.2, 0.25) is 0 Å². The maximum Gasteiger partial charge on any atom is 0.418 e. The lowest BCUT2D eigenvalue weighted by atomic mass is 10.2. The Morgan fingerprint density at radius 3 is 2.48 bits per heavy atom. The predicted octanol–water partition coefficient (Wildman–Crippen LogP) is 4.37. The number of carbonyl (C=O) groups excluding carboxylic acids is 1. The molecular formula is C18H15F3N4OS. The van der Waals surface area contributed by atoms with Gasteiger partial charge < -0.3 is 0 Å². The zero-order chi connectivity index (χ0) is 19.4. The van der Waals surface area contributed by atoms with Crippen molar-refractivity contribution in [2.75, 3.05) is 11.7 Å². The molecule has 2 aromatic carbocycles. The van der Waals surface area contributed by atoms with Crippen LogP contribution in [0.15, 0.2) is 66.1 Å². The first-order chi connectivity index (χ1) is 12.9. The average Bonchev–Trinajstić information content (AvgIpc) is 3.14. The molecule has 0 atom stereocenters. The van der Waals surface area contributed by atoms with Crippen molar-refractivity contribution in [3.05, 3.63) is 72.1 Å². The number of para-hydroxylation sites is 1. The Kier molecular flexibility index (Phi) is 5.41. The number of nitrogens with one attached hydrogen (secondary N) is 2. The fraction of sp³-hybridized carbons (Fsp3) is 0.111. The number of benzene rings is 2. The summed E-state index contributed by atoms with van der Waals surface area (Å²) >= 11 is 1.49. The minimum atomic E-state index is -4.52. The number of hydrazine groups is 1. The number of alkyl halides is 3. The Hall–Kier alpha value is -2.94. The van der Waals surface area contributed by atoms with Crippen LogP contribution < -0.4 is 10.9 Å². The molecule has 0 aliphatic heterocycles. The van der Waals surface area contributed by atoms with E-state index in [1.807, 2.05) is 10.8 Å². The third-order valence-electron chi connectivity index (χ3n) is 3.74. The monoisotopic (exact) mass is 392 g/mol. The van der Waals surface area contributed by atoms with Gasteiger partial charge in [-0.2, -0.15) is 13.2 Å². The smallest absolute Gasteiger partial charge is 0.298 e. The second-order valence-corrected chi connectivity index (χ2v) is 6.23. The van der Waals surface area contributed by atoms with Gasteiger partial charge in [0.15, 0.2) is 5.16 Å². The number of nitrogens with zero attached hydrogens (tertiary/aromatic N) is 2. The molecule has 1 amide bonds. The number of thioether (sulfide) groups is 1. The molecule has 0 saturated heterocycles. The summed E-state index contributed by atoms with van der Waals surface area (Å²) in [5, 5.41) is 0.803.